The van der Waals surface area contributed by atoms with E-state index in [4.69, 9.17) is 0 Å². The Morgan fingerprint density at radius 3 is 2.21 bits per heavy atom. The van der Waals surface area contributed by atoms with E-state index in [0.717, 1.165) is 11.8 Å². The van der Waals surface area contributed by atoms with Crippen molar-refractivity contribution in [3.8, 4) is 0 Å². The highest BCUT2D eigenvalue weighted by atomic mass is 15.2. The molecular formula is C17H34N2. The number of likely N-dealkylation sites (N-methyl/N-ethyl adjacent to an activating group) is 1. The zero-order valence-electron chi connectivity index (χ0n) is 13.4. The average molecular weight is 266 g/mol. The van der Waals surface area contributed by atoms with Crippen molar-refractivity contribution < 1.29 is 0 Å². The molecule has 2 rings (SSSR count). The Bertz CT molecular complexity index is 248. The van der Waals surface area contributed by atoms with Gasteiger partial charge in [0.15, 0.2) is 0 Å². The summed E-state index contributed by atoms with van der Waals surface area (Å²) >= 11 is 0. The van der Waals surface area contributed by atoms with Crippen molar-refractivity contribution in [3.05, 3.63) is 0 Å². The first-order valence-corrected chi connectivity index (χ1v) is 8.50. The fraction of sp³-hybridized carbons (Fsp3) is 1.00. The van der Waals surface area contributed by atoms with E-state index in [-0.39, 0.29) is 0 Å². The van der Waals surface area contributed by atoms with Crippen LogP contribution in [0.25, 0.3) is 0 Å². The molecular weight excluding hydrogens is 232 g/mol. The van der Waals surface area contributed by atoms with Gasteiger partial charge in [-0.3, -0.25) is 0 Å². The third kappa shape index (κ3) is 4.19. The van der Waals surface area contributed by atoms with Crippen LogP contribution in [0.15, 0.2) is 0 Å². The highest BCUT2D eigenvalue weighted by molar-refractivity contribution is 4.92. The van der Waals surface area contributed by atoms with E-state index in [1.165, 1.54) is 70.9 Å². The van der Waals surface area contributed by atoms with Crippen LogP contribution >= 0.6 is 0 Å². The molecule has 2 nitrogen and oxygen atoms in total. The lowest BCUT2D eigenvalue weighted by Gasteiger charge is -2.43. The Hall–Kier alpha value is -0.0800. The van der Waals surface area contributed by atoms with Crippen LogP contribution in [0.2, 0.25) is 0 Å². The first kappa shape index (κ1) is 15.3. The summed E-state index contributed by atoms with van der Waals surface area (Å²) in [5, 5.41) is 3.82. The lowest BCUT2D eigenvalue weighted by atomic mass is 9.80. The highest BCUT2D eigenvalue weighted by Gasteiger charge is 2.33. The zero-order valence-corrected chi connectivity index (χ0v) is 13.4. The lowest BCUT2D eigenvalue weighted by molar-refractivity contribution is 0.0963. The summed E-state index contributed by atoms with van der Waals surface area (Å²) < 4.78 is 0. The number of hydrogen-bond acceptors (Lipinski definition) is 2. The van der Waals surface area contributed by atoms with Crippen molar-refractivity contribution in [2.45, 2.75) is 70.3 Å². The molecule has 0 atom stereocenters. The fourth-order valence-electron chi connectivity index (χ4n) is 4.03. The summed E-state index contributed by atoms with van der Waals surface area (Å²) in [7, 11) is 4.55. The number of hydrogen-bond donors (Lipinski definition) is 1. The smallest absolute Gasteiger partial charge is 0.0327 e. The Kier molecular flexibility index (Phi) is 5.70. The maximum absolute atomic E-state index is 3.82. The quantitative estimate of drug-likeness (QED) is 0.817. The normalized spacial score (nSPS) is 31.6. The lowest BCUT2D eigenvalue weighted by Crippen LogP contribution is -2.53. The van der Waals surface area contributed by atoms with Crippen molar-refractivity contribution in [1.82, 2.24) is 10.2 Å². The second-order valence-corrected chi connectivity index (χ2v) is 7.44. The molecule has 0 aromatic heterocycles. The van der Waals surface area contributed by atoms with E-state index in [9.17, 15) is 0 Å². The predicted molar refractivity (Wildman–Crippen MR) is 83.5 cm³/mol. The summed E-state index contributed by atoms with van der Waals surface area (Å²) in [4.78, 5) is 2.49. The van der Waals surface area contributed by atoms with Gasteiger partial charge in [-0.1, -0.05) is 39.0 Å². The van der Waals surface area contributed by atoms with Gasteiger partial charge in [-0.25, -0.2) is 0 Å². The van der Waals surface area contributed by atoms with Gasteiger partial charge in [-0.2, -0.15) is 0 Å². The maximum atomic E-state index is 3.82. The second-order valence-electron chi connectivity index (χ2n) is 7.44. The molecule has 0 bridgehead atoms. The maximum Gasteiger partial charge on any atom is 0.0327 e. The van der Waals surface area contributed by atoms with Gasteiger partial charge in [0.2, 0.25) is 0 Å². The van der Waals surface area contributed by atoms with Crippen LogP contribution in [0.5, 0.6) is 0 Å². The van der Waals surface area contributed by atoms with E-state index in [1.807, 2.05) is 0 Å². The first-order valence-electron chi connectivity index (χ1n) is 8.50. The van der Waals surface area contributed by atoms with Gasteiger partial charge in [0.05, 0.1) is 0 Å². The topological polar surface area (TPSA) is 15.3 Å². The van der Waals surface area contributed by atoms with Crippen molar-refractivity contribution in [3.63, 3.8) is 0 Å². The van der Waals surface area contributed by atoms with E-state index >= 15 is 0 Å². The molecule has 0 unspecified atom stereocenters. The van der Waals surface area contributed by atoms with Crippen molar-refractivity contribution in [1.29, 1.82) is 0 Å². The molecule has 0 spiro atoms. The number of nitrogens with one attached hydrogen (secondary N) is 1. The molecule has 2 aliphatic rings. The summed E-state index contributed by atoms with van der Waals surface area (Å²) in [5.41, 5.74) is 0.445. The van der Waals surface area contributed by atoms with Gasteiger partial charge in [-0.05, 0) is 58.2 Å². The fourth-order valence-corrected chi connectivity index (χ4v) is 4.03. The first-order chi connectivity index (χ1) is 9.12. The SMILES string of the molecule is CC1CCC(CNCC2(N(C)C)CCCCC2)CC1. The Morgan fingerprint density at radius 2 is 1.63 bits per heavy atom. The van der Waals surface area contributed by atoms with Crippen LogP contribution in [0.1, 0.15) is 64.7 Å². The molecule has 2 fully saturated rings. The molecule has 0 radical (unpaired) electrons. The molecule has 2 heteroatoms. The van der Waals surface area contributed by atoms with E-state index < -0.39 is 0 Å². The van der Waals surface area contributed by atoms with Crippen molar-refractivity contribution in [2.24, 2.45) is 11.8 Å². The minimum atomic E-state index is 0.445. The van der Waals surface area contributed by atoms with Gasteiger partial charge >= 0.3 is 0 Å². The molecule has 0 saturated heterocycles. The minimum absolute atomic E-state index is 0.445. The molecule has 0 amide bonds. The highest BCUT2D eigenvalue weighted by Crippen LogP contribution is 2.32. The molecule has 112 valence electrons. The molecule has 1 N–H and O–H groups in total. The Morgan fingerprint density at radius 1 is 1.00 bits per heavy atom. The molecule has 2 saturated carbocycles. The second kappa shape index (κ2) is 7.08. The summed E-state index contributed by atoms with van der Waals surface area (Å²) in [6.45, 7) is 4.86. The third-order valence-electron chi connectivity index (χ3n) is 5.76. The van der Waals surface area contributed by atoms with E-state index in [0.29, 0.717) is 5.54 Å². The van der Waals surface area contributed by atoms with Gasteiger partial charge in [0.25, 0.3) is 0 Å². The summed E-state index contributed by atoms with van der Waals surface area (Å²) in [5.74, 6) is 1.92. The van der Waals surface area contributed by atoms with E-state index in [2.05, 4.69) is 31.2 Å². The van der Waals surface area contributed by atoms with Gasteiger partial charge in [0, 0.05) is 12.1 Å². The van der Waals surface area contributed by atoms with Gasteiger partial charge in [0.1, 0.15) is 0 Å². The molecule has 0 aliphatic heterocycles. The molecule has 2 aliphatic carbocycles. The summed E-state index contributed by atoms with van der Waals surface area (Å²) in [6, 6.07) is 0. The van der Waals surface area contributed by atoms with Crippen LogP contribution in [0.4, 0.5) is 0 Å². The van der Waals surface area contributed by atoms with Crippen molar-refractivity contribution in [2.75, 3.05) is 27.2 Å². The van der Waals surface area contributed by atoms with Gasteiger partial charge in [-0.15, -0.1) is 0 Å². The average Bonchev–Trinajstić information content (AvgIpc) is 2.42. The molecule has 0 heterocycles. The van der Waals surface area contributed by atoms with E-state index in [1.54, 1.807) is 0 Å². The standard InChI is InChI=1S/C17H34N2/c1-15-7-9-16(10-8-15)13-18-14-17(19(2)3)11-5-4-6-12-17/h15-16,18H,4-14H2,1-3H3. The predicted octanol–water partition coefficient (Wildman–Crippen LogP) is 3.67. The number of rotatable bonds is 5. The van der Waals surface area contributed by atoms with Crippen LogP contribution in [0, 0.1) is 11.8 Å². The van der Waals surface area contributed by atoms with Crippen LogP contribution < -0.4 is 5.32 Å². The molecule has 0 aromatic rings. The van der Waals surface area contributed by atoms with Crippen LogP contribution in [-0.2, 0) is 0 Å². The molecule has 19 heavy (non-hydrogen) atoms. The largest absolute Gasteiger partial charge is 0.315 e. The molecule has 0 aromatic carbocycles. The van der Waals surface area contributed by atoms with Crippen molar-refractivity contribution >= 4 is 0 Å². The monoisotopic (exact) mass is 266 g/mol. The number of nitrogens with zero attached hydrogens (tertiary/aromatic N) is 1. The zero-order chi connectivity index (χ0) is 13.7. The Balaban J connectivity index is 1.73. The van der Waals surface area contributed by atoms with Crippen LogP contribution in [-0.4, -0.2) is 37.6 Å². The Labute approximate surface area is 120 Å². The minimum Gasteiger partial charge on any atom is -0.315 e. The van der Waals surface area contributed by atoms with Gasteiger partial charge < -0.3 is 10.2 Å². The van der Waals surface area contributed by atoms with Crippen LogP contribution in [0.3, 0.4) is 0 Å². The summed E-state index contributed by atoms with van der Waals surface area (Å²) in [6.07, 6.45) is 12.8. The third-order valence-corrected chi connectivity index (χ3v) is 5.76.